The van der Waals surface area contributed by atoms with Crippen molar-refractivity contribution in [1.82, 2.24) is 9.88 Å². The molecule has 2 amide bonds. The van der Waals surface area contributed by atoms with E-state index in [1.807, 2.05) is 48.8 Å². The number of benzene rings is 2. The maximum Gasteiger partial charge on any atom is 0.414 e. The Balaban J connectivity index is 1.47. The van der Waals surface area contributed by atoms with Crippen molar-refractivity contribution in [3.63, 3.8) is 0 Å². The Morgan fingerprint density at radius 2 is 1.90 bits per heavy atom. The number of ether oxygens (including phenoxy) is 1. The molecule has 1 fully saturated rings. The number of hydrogen-bond donors (Lipinski definition) is 1. The molecule has 2 heterocycles. The fourth-order valence-electron chi connectivity index (χ4n) is 3.48. The normalized spacial score (nSPS) is 15.9. The summed E-state index contributed by atoms with van der Waals surface area (Å²) in [6, 6.07) is 16.4. The summed E-state index contributed by atoms with van der Waals surface area (Å²) in [5, 5.41) is 2.62. The number of amides is 2. The first-order chi connectivity index (χ1) is 14.5. The van der Waals surface area contributed by atoms with Crippen LogP contribution in [0.2, 0.25) is 0 Å². The highest BCUT2D eigenvalue weighted by Gasteiger charge is 2.32. The second-order valence-corrected chi connectivity index (χ2v) is 7.27. The molecule has 1 atom stereocenters. The van der Waals surface area contributed by atoms with Crippen LogP contribution in [0, 0.1) is 5.82 Å². The number of carbonyl (C=O) groups excluding carboxylic acids is 2. The Labute approximate surface area is 173 Å². The predicted molar refractivity (Wildman–Crippen MR) is 112 cm³/mol. The molecule has 7 heteroatoms. The molecule has 0 radical (unpaired) electrons. The van der Waals surface area contributed by atoms with Crippen LogP contribution in [-0.4, -0.2) is 35.8 Å². The zero-order chi connectivity index (χ0) is 21.1. The summed E-state index contributed by atoms with van der Waals surface area (Å²) < 4.78 is 22.1. The summed E-state index contributed by atoms with van der Waals surface area (Å²) in [5.41, 5.74) is 2.78. The van der Waals surface area contributed by atoms with Gasteiger partial charge in [0.2, 0.25) is 5.91 Å². The fourth-order valence-corrected chi connectivity index (χ4v) is 3.48. The van der Waals surface area contributed by atoms with E-state index in [0.717, 1.165) is 17.7 Å². The van der Waals surface area contributed by atoms with Crippen LogP contribution in [0.25, 0.3) is 11.1 Å². The highest BCUT2D eigenvalue weighted by atomic mass is 19.1. The Hall–Kier alpha value is -3.61. The van der Waals surface area contributed by atoms with Gasteiger partial charge in [-0.05, 0) is 41.5 Å². The van der Waals surface area contributed by atoms with Crippen molar-refractivity contribution >= 4 is 17.7 Å². The number of cyclic esters (lactones) is 1. The topological polar surface area (TPSA) is 63.6 Å². The molecule has 1 saturated heterocycles. The molecule has 4 rings (SSSR count). The second kappa shape index (κ2) is 8.41. The molecule has 0 bridgehead atoms. The van der Waals surface area contributed by atoms with Crippen molar-refractivity contribution in [1.29, 1.82) is 0 Å². The van der Waals surface area contributed by atoms with Crippen LogP contribution in [0.3, 0.4) is 0 Å². The molecule has 0 aliphatic carbocycles. The van der Waals surface area contributed by atoms with Crippen LogP contribution in [0.4, 0.5) is 14.9 Å². The molecule has 3 aromatic rings. The van der Waals surface area contributed by atoms with Gasteiger partial charge in [-0.3, -0.25) is 9.69 Å². The standard InChI is InChI=1S/C23H22FN3O3/c1-16(28)25-13-20-15-27(23(29)30-20)19-8-9-21(22(24)12-19)18-6-4-17(5-7-18)14-26-10-2-3-11-26/h2-12,20H,13-15H2,1H3,(H,25,28)/t20-/m0/s1. The van der Waals surface area contributed by atoms with Crippen LogP contribution >= 0.6 is 0 Å². The van der Waals surface area contributed by atoms with Crippen molar-refractivity contribution < 1.29 is 18.7 Å². The summed E-state index contributed by atoms with van der Waals surface area (Å²) in [4.78, 5) is 24.5. The number of aromatic nitrogens is 1. The number of hydrogen-bond acceptors (Lipinski definition) is 3. The smallest absolute Gasteiger partial charge is 0.414 e. The zero-order valence-corrected chi connectivity index (χ0v) is 16.5. The number of anilines is 1. The molecule has 154 valence electrons. The Morgan fingerprint density at radius 1 is 1.17 bits per heavy atom. The van der Waals surface area contributed by atoms with Crippen molar-refractivity contribution in [2.45, 2.75) is 19.6 Å². The number of nitrogens with one attached hydrogen (secondary N) is 1. The minimum Gasteiger partial charge on any atom is -0.442 e. The van der Waals surface area contributed by atoms with E-state index in [2.05, 4.69) is 9.88 Å². The van der Waals surface area contributed by atoms with Gasteiger partial charge in [0, 0.05) is 31.4 Å². The predicted octanol–water partition coefficient (Wildman–Crippen LogP) is 3.80. The molecule has 0 saturated carbocycles. The van der Waals surface area contributed by atoms with Gasteiger partial charge in [-0.15, -0.1) is 0 Å². The average molecular weight is 407 g/mol. The van der Waals surface area contributed by atoms with Crippen LogP contribution in [-0.2, 0) is 16.1 Å². The van der Waals surface area contributed by atoms with Gasteiger partial charge in [-0.25, -0.2) is 9.18 Å². The van der Waals surface area contributed by atoms with Gasteiger partial charge in [0.05, 0.1) is 18.8 Å². The van der Waals surface area contributed by atoms with E-state index in [4.69, 9.17) is 4.74 Å². The quantitative estimate of drug-likeness (QED) is 0.676. The van der Waals surface area contributed by atoms with Crippen LogP contribution in [0.1, 0.15) is 12.5 Å². The van der Waals surface area contributed by atoms with Crippen molar-refractivity contribution in [2.24, 2.45) is 0 Å². The fraction of sp³-hybridized carbons (Fsp3) is 0.217. The van der Waals surface area contributed by atoms with E-state index in [1.165, 1.54) is 17.9 Å². The number of nitrogens with zero attached hydrogens (tertiary/aromatic N) is 2. The van der Waals surface area contributed by atoms with Crippen LogP contribution in [0.5, 0.6) is 0 Å². The molecule has 30 heavy (non-hydrogen) atoms. The molecule has 1 aromatic heterocycles. The average Bonchev–Trinajstić information content (AvgIpc) is 3.36. The van der Waals surface area contributed by atoms with Crippen LogP contribution in [0.15, 0.2) is 67.0 Å². The lowest BCUT2D eigenvalue weighted by Crippen LogP contribution is -2.33. The highest BCUT2D eigenvalue weighted by molar-refractivity contribution is 5.90. The van der Waals surface area contributed by atoms with E-state index in [0.29, 0.717) is 11.3 Å². The minimum absolute atomic E-state index is 0.195. The third-order valence-corrected chi connectivity index (χ3v) is 5.01. The van der Waals surface area contributed by atoms with E-state index < -0.39 is 18.0 Å². The lowest BCUT2D eigenvalue weighted by atomic mass is 10.0. The van der Waals surface area contributed by atoms with Gasteiger partial charge < -0.3 is 14.6 Å². The summed E-state index contributed by atoms with van der Waals surface area (Å²) in [5.74, 6) is -0.608. The Kier molecular flexibility index (Phi) is 5.52. The van der Waals surface area contributed by atoms with Crippen molar-refractivity contribution in [3.8, 4) is 11.1 Å². The molecule has 6 nitrogen and oxygen atoms in total. The summed E-state index contributed by atoms with van der Waals surface area (Å²) >= 11 is 0. The molecular weight excluding hydrogens is 385 g/mol. The van der Waals surface area contributed by atoms with Gasteiger partial charge in [0.1, 0.15) is 11.9 Å². The highest BCUT2D eigenvalue weighted by Crippen LogP contribution is 2.29. The maximum absolute atomic E-state index is 14.8. The van der Waals surface area contributed by atoms with Crippen LogP contribution < -0.4 is 10.2 Å². The van der Waals surface area contributed by atoms with E-state index in [-0.39, 0.29) is 19.0 Å². The van der Waals surface area contributed by atoms with Gasteiger partial charge in [0.15, 0.2) is 0 Å². The zero-order valence-electron chi connectivity index (χ0n) is 16.5. The monoisotopic (exact) mass is 407 g/mol. The lowest BCUT2D eigenvalue weighted by molar-refractivity contribution is -0.119. The van der Waals surface area contributed by atoms with Crippen molar-refractivity contribution in [2.75, 3.05) is 18.0 Å². The first-order valence-electron chi connectivity index (χ1n) is 9.72. The third kappa shape index (κ3) is 4.35. The largest absolute Gasteiger partial charge is 0.442 e. The molecule has 0 spiro atoms. The van der Waals surface area contributed by atoms with Gasteiger partial charge in [0.25, 0.3) is 0 Å². The Bertz CT molecular complexity index is 1050. The molecular formula is C23H22FN3O3. The lowest BCUT2D eigenvalue weighted by Gasteiger charge is -2.15. The van der Waals surface area contributed by atoms with Crippen molar-refractivity contribution in [3.05, 3.63) is 78.4 Å². The molecule has 1 N–H and O–H groups in total. The van der Waals surface area contributed by atoms with E-state index in [1.54, 1.807) is 12.1 Å². The maximum atomic E-state index is 14.8. The van der Waals surface area contributed by atoms with Gasteiger partial charge >= 0.3 is 6.09 Å². The molecule has 1 aliphatic rings. The second-order valence-electron chi connectivity index (χ2n) is 7.27. The molecule has 2 aromatic carbocycles. The minimum atomic E-state index is -0.549. The first-order valence-corrected chi connectivity index (χ1v) is 9.72. The number of halogens is 1. The number of rotatable bonds is 6. The van der Waals surface area contributed by atoms with Gasteiger partial charge in [-0.2, -0.15) is 0 Å². The molecule has 1 aliphatic heterocycles. The first kappa shape index (κ1) is 19.7. The summed E-state index contributed by atoms with van der Waals surface area (Å²) in [7, 11) is 0. The third-order valence-electron chi connectivity index (χ3n) is 5.01. The summed E-state index contributed by atoms with van der Waals surface area (Å²) in [6.07, 6.45) is 2.98. The van der Waals surface area contributed by atoms with E-state index >= 15 is 0 Å². The van der Waals surface area contributed by atoms with E-state index in [9.17, 15) is 14.0 Å². The van der Waals surface area contributed by atoms with Gasteiger partial charge in [-0.1, -0.05) is 24.3 Å². The Morgan fingerprint density at radius 3 is 2.57 bits per heavy atom. The summed E-state index contributed by atoms with van der Waals surface area (Å²) in [6.45, 7) is 2.64. The number of carbonyl (C=O) groups is 2. The molecule has 0 unspecified atom stereocenters. The SMILES string of the molecule is CC(=O)NC[C@H]1CN(c2ccc(-c3ccc(Cn4cccc4)cc3)c(F)c2)C(=O)O1.